The number of nitrogens with two attached hydrogens (primary N) is 1. The molecule has 0 saturated carbocycles. The van der Waals surface area contributed by atoms with Gasteiger partial charge in [0.15, 0.2) is 11.6 Å². The van der Waals surface area contributed by atoms with Crippen molar-refractivity contribution in [2.75, 3.05) is 7.11 Å². The van der Waals surface area contributed by atoms with Gasteiger partial charge in [-0.25, -0.2) is 4.39 Å². The van der Waals surface area contributed by atoms with E-state index in [9.17, 15) is 9.18 Å². The Morgan fingerprint density at radius 1 is 1.62 bits per heavy atom. The SMILES string of the molecule is COc1cc(F)c(O)cc1C(N)CC(=O)O. The largest absolute Gasteiger partial charge is 0.505 e. The van der Waals surface area contributed by atoms with Crippen molar-refractivity contribution >= 4 is 5.97 Å². The molecule has 1 atom stereocenters. The van der Waals surface area contributed by atoms with Crippen molar-refractivity contribution in [1.29, 1.82) is 0 Å². The fourth-order valence-corrected chi connectivity index (χ4v) is 1.32. The molecule has 1 aromatic carbocycles. The molecule has 0 bridgehead atoms. The molecule has 88 valence electrons. The number of aromatic hydroxyl groups is 1. The van der Waals surface area contributed by atoms with Crippen molar-refractivity contribution in [2.24, 2.45) is 5.73 Å². The number of carbonyl (C=O) groups is 1. The second kappa shape index (κ2) is 4.80. The Labute approximate surface area is 91.3 Å². The van der Waals surface area contributed by atoms with E-state index < -0.39 is 23.6 Å². The summed E-state index contributed by atoms with van der Waals surface area (Å²) in [6.45, 7) is 0. The Hall–Kier alpha value is -1.82. The zero-order valence-electron chi connectivity index (χ0n) is 8.61. The van der Waals surface area contributed by atoms with Gasteiger partial charge in [-0.05, 0) is 6.07 Å². The zero-order valence-corrected chi connectivity index (χ0v) is 8.61. The Morgan fingerprint density at radius 2 is 2.25 bits per heavy atom. The van der Waals surface area contributed by atoms with Crippen molar-refractivity contribution in [2.45, 2.75) is 12.5 Å². The number of rotatable bonds is 4. The summed E-state index contributed by atoms with van der Waals surface area (Å²) in [5.74, 6) is -2.40. The molecule has 0 fully saturated rings. The van der Waals surface area contributed by atoms with Crippen molar-refractivity contribution < 1.29 is 24.1 Å². The summed E-state index contributed by atoms with van der Waals surface area (Å²) in [7, 11) is 1.31. The maximum atomic E-state index is 13.0. The summed E-state index contributed by atoms with van der Waals surface area (Å²) in [5.41, 5.74) is 5.85. The van der Waals surface area contributed by atoms with Crippen LogP contribution in [0.1, 0.15) is 18.0 Å². The van der Waals surface area contributed by atoms with Crippen LogP contribution in [0.25, 0.3) is 0 Å². The molecule has 4 N–H and O–H groups in total. The predicted octanol–water partition coefficient (Wildman–Crippen LogP) is 1.01. The van der Waals surface area contributed by atoms with Gasteiger partial charge in [0.1, 0.15) is 5.75 Å². The molecular weight excluding hydrogens is 217 g/mol. The molecule has 5 nitrogen and oxygen atoms in total. The normalized spacial score (nSPS) is 12.2. The maximum Gasteiger partial charge on any atom is 0.305 e. The van der Waals surface area contributed by atoms with Gasteiger partial charge in [-0.1, -0.05) is 0 Å². The van der Waals surface area contributed by atoms with Crippen LogP contribution in [0.2, 0.25) is 0 Å². The Morgan fingerprint density at radius 3 is 2.75 bits per heavy atom. The molecule has 1 aromatic rings. The van der Waals surface area contributed by atoms with Gasteiger partial charge in [-0.2, -0.15) is 0 Å². The number of phenolic OH excluding ortho intramolecular Hbond substituents is 1. The molecule has 1 unspecified atom stereocenters. The van der Waals surface area contributed by atoms with E-state index in [1.807, 2.05) is 0 Å². The van der Waals surface area contributed by atoms with E-state index in [2.05, 4.69) is 0 Å². The van der Waals surface area contributed by atoms with Gasteiger partial charge in [0, 0.05) is 17.7 Å². The van der Waals surface area contributed by atoms with Gasteiger partial charge < -0.3 is 20.7 Å². The average molecular weight is 229 g/mol. The summed E-state index contributed by atoms with van der Waals surface area (Å²) in [4.78, 5) is 10.5. The van der Waals surface area contributed by atoms with Gasteiger partial charge in [-0.3, -0.25) is 4.79 Å². The predicted molar refractivity (Wildman–Crippen MR) is 53.8 cm³/mol. The van der Waals surface area contributed by atoms with Crippen LogP contribution in [-0.4, -0.2) is 23.3 Å². The molecule has 0 spiro atoms. The van der Waals surface area contributed by atoms with E-state index in [1.165, 1.54) is 7.11 Å². The lowest BCUT2D eigenvalue weighted by molar-refractivity contribution is -0.137. The number of phenols is 1. The highest BCUT2D eigenvalue weighted by atomic mass is 19.1. The number of hydrogen-bond acceptors (Lipinski definition) is 4. The Bertz CT molecular complexity index is 408. The lowest BCUT2D eigenvalue weighted by Gasteiger charge is -2.14. The minimum absolute atomic E-state index is 0.115. The van der Waals surface area contributed by atoms with Crippen molar-refractivity contribution in [3.63, 3.8) is 0 Å². The second-order valence-electron chi connectivity index (χ2n) is 3.25. The van der Waals surface area contributed by atoms with Crippen LogP contribution in [0.4, 0.5) is 4.39 Å². The molecule has 0 radical (unpaired) electrons. The number of ether oxygens (including phenoxy) is 1. The first-order valence-electron chi connectivity index (χ1n) is 4.49. The quantitative estimate of drug-likeness (QED) is 0.716. The van der Waals surface area contributed by atoms with E-state index in [1.54, 1.807) is 0 Å². The molecule has 0 aliphatic rings. The van der Waals surface area contributed by atoms with Crippen LogP contribution < -0.4 is 10.5 Å². The number of aliphatic carboxylic acids is 1. The third-order valence-corrected chi connectivity index (χ3v) is 2.09. The average Bonchev–Trinajstić information content (AvgIpc) is 2.20. The van der Waals surface area contributed by atoms with Crippen molar-refractivity contribution in [3.05, 3.63) is 23.5 Å². The molecule has 6 heteroatoms. The molecule has 0 heterocycles. The molecule has 16 heavy (non-hydrogen) atoms. The molecule has 0 aliphatic heterocycles. The second-order valence-corrected chi connectivity index (χ2v) is 3.25. The summed E-state index contributed by atoms with van der Waals surface area (Å²) < 4.78 is 17.8. The number of carboxylic acids is 1. The number of benzene rings is 1. The number of carboxylic acid groups (broad SMARTS) is 1. The first kappa shape index (κ1) is 12.3. The van der Waals surface area contributed by atoms with Gasteiger partial charge in [0.2, 0.25) is 0 Å². The molecule has 0 saturated heterocycles. The summed E-state index contributed by atoms with van der Waals surface area (Å²) in [6, 6.07) is 1.17. The summed E-state index contributed by atoms with van der Waals surface area (Å²) >= 11 is 0. The molecule has 1 rings (SSSR count). The fourth-order valence-electron chi connectivity index (χ4n) is 1.32. The molecule has 0 aromatic heterocycles. The van der Waals surface area contributed by atoms with Crippen LogP contribution in [0, 0.1) is 5.82 Å². The molecular formula is C10H12FNO4. The first-order chi connectivity index (χ1) is 7.45. The third-order valence-electron chi connectivity index (χ3n) is 2.09. The highest BCUT2D eigenvalue weighted by Crippen LogP contribution is 2.31. The van der Waals surface area contributed by atoms with Crippen LogP contribution in [-0.2, 0) is 4.79 Å². The lowest BCUT2D eigenvalue weighted by atomic mass is 10.0. The van der Waals surface area contributed by atoms with Gasteiger partial charge in [0.05, 0.1) is 13.5 Å². The minimum Gasteiger partial charge on any atom is -0.505 e. The molecule has 0 amide bonds. The van der Waals surface area contributed by atoms with E-state index in [-0.39, 0.29) is 17.7 Å². The Kier molecular flexibility index (Phi) is 3.68. The van der Waals surface area contributed by atoms with E-state index in [0.29, 0.717) is 0 Å². The standard InChI is InChI=1S/C10H12FNO4/c1-16-9-3-6(11)8(13)2-5(9)7(12)4-10(14)15/h2-3,7,13H,4,12H2,1H3,(H,14,15). The van der Waals surface area contributed by atoms with Crippen LogP contribution in [0.5, 0.6) is 11.5 Å². The lowest BCUT2D eigenvalue weighted by Crippen LogP contribution is -2.16. The molecule has 0 aliphatic carbocycles. The highest BCUT2D eigenvalue weighted by molar-refractivity contribution is 5.68. The minimum atomic E-state index is -1.08. The van der Waals surface area contributed by atoms with E-state index in [0.717, 1.165) is 12.1 Å². The monoisotopic (exact) mass is 229 g/mol. The zero-order chi connectivity index (χ0) is 12.3. The van der Waals surface area contributed by atoms with Gasteiger partial charge >= 0.3 is 5.97 Å². The first-order valence-corrected chi connectivity index (χ1v) is 4.49. The van der Waals surface area contributed by atoms with E-state index >= 15 is 0 Å². The number of halogens is 1. The summed E-state index contributed by atoms with van der Waals surface area (Å²) in [6.07, 6.45) is -0.332. The van der Waals surface area contributed by atoms with Gasteiger partial charge in [-0.15, -0.1) is 0 Å². The highest BCUT2D eigenvalue weighted by Gasteiger charge is 2.18. The smallest absolute Gasteiger partial charge is 0.305 e. The van der Waals surface area contributed by atoms with Crippen LogP contribution in [0.3, 0.4) is 0 Å². The fraction of sp³-hybridized carbons (Fsp3) is 0.300. The third kappa shape index (κ3) is 2.60. The number of hydrogen-bond donors (Lipinski definition) is 3. The maximum absolute atomic E-state index is 13.0. The van der Waals surface area contributed by atoms with E-state index in [4.69, 9.17) is 20.7 Å². The van der Waals surface area contributed by atoms with Gasteiger partial charge in [0.25, 0.3) is 0 Å². The van der Waals surface area contributed by atoms with Crippen molar-refractivity contribution in [3.8, 4) is 11.5 Å². The summed E-state index contributed by atoms with van der Waals surface area (Å²) in [5, 5.41) is 17.7. The Balaban J connectivity index is 3.10. The number of methoxy groups -OCH3 is 1. The topological polar surface area (TPSA) is 92.8 Å². The van der Waals surface area contributed by atoms with Crippen molar-refractivity contribution in [1.82, 2.24) is 0 Å². The van der Waals surface area contributed by atoms with Crippen LogP contribution in [0.15, 0.2) is 12.1 Å². The van der Waals surface area contributed by atoms with Crippen LogP contribution >= 0.6 is 0 Å².